The first kappa shape index (κ1) is 10.1. The maximum absolute atomic E-state index is 10.0. The Labute approximate surface area is 58.4 Å². The van der Waals surface area contributed by atoms with E-state index in [1.807, 2.05) is 0 Å². The SMILES string of the molecule is O=[PH](O)CC=CP(=O)(O)O. The molecule has 3 N–H and O–H groups in total. The Balaban J connectivity index is 3.79. The van der Waals surface area contributed by atoms with Crippen molar-refractivity contribution in [1.82, 2.24) is 0 Å². The Kier molecular flexibility index (Phi) is 4.09. The molecule has 0 saturated carbocycles. The van der Waals surface area contributed by atoms with E-state index in [1.165, 1.54) is 0 Å². The minimum Gasteiger partial charge on any atom is -0.346 e. The summed E-state index contributed by atoms with van der Waals surface area (Å²) >= 11 is 0. The smallest absolute Gasteiger partial charge is 0.346 e. The minimum atomic E-state index is -4.14. The summed E-state index contributed by atoms with van der Waals surface area (Å²) in [5.41, 5.74) is 0. The van der Waals surface area contributed by atoms with Gasteiger partial charge in [0.2, 0.25) is 0 Å². The van der Waals surface area contributed by atoms with Crippen molar-refractivity contribution in [2.24, 2.45) is 0 Å². The summed E-state index contributed by atoms with van der Waals surface area (Å²) in [6, 6.07) is 0. The van der Waals surface area contributed by atoms with Gasteiger partial charge in [0.15, 0.2) is 8.03 Å². The van der Waals surface area contributed by atoms with Crippen LogP contribution in [-0.2, 0) is 9.13 Å². The number of rotatable bonds is 3. The summed E-state index contributed by atoms with van der Waals surface area (Å²) in [6.07, 6.45) is 0.817. The number of hydrogen-bond acceptors (Lipinski definition) is 2. The Morgan fingerprint density at radius 2 is 2.00 bits per heavy atom. The Bertz CT molecular complexity index is 191. The van der Waals surface area contributed by atoms with Crippen molar-refractivity contribution in [3.63, 3.8) is 0 Å². The molecule has 0 heterocycles. The molecule has 0 radical (unpaired) electrons. The van der Waals surface area contributed by atoms with Gasteiger partial charge in [-0.05, 0) is 0 Å². The lowest BCUT2D eigenvalue weighted by atomic mass is 10.8. The fourth-order valence-corrected chi connectivity index (χ4v) is 1.19. The van der Waals surface area contributed by atoms with Crippen molar-refractivity contribution in [3.05, 3.63) is 11.9 Å². The number of allylic oxidation sites excluding steroid dienone is 1. The zero-order valence-corrected chi connectivity index (χ0v) is 6.86. The van der Waals surface area contributed by atoms with Crippen LogP contribution in [-0.4, -0.2) is 20.8 Å². The van der Waals surface area contributed by atoms with E-state index in [4.69, 9.17) is 14.7 Å². The third-order valence-corrected chi connectivity index (χ3v) is 1.78. The standard InChI is InChI=1S/C3H8O5P2/c4-9(5)2-1-3-10(6,7)8/h1,3,9H,2H2,(H,4,5)(H2,6,7,8). The predicted octanol–water partition coefficient (Wildman–Crippen LogP) is 0.145. The molecule has 60 valence electrons. The first-order chi connectivity index (χ1) is 4.42. The van der Waals surface area contributed by atoms with Gasteiger partial charge in [-0.15, -0.1) is 0 Å². The molecule has 10 heavy (non-hydrogen) atoms. The van der Waals surface area contributed by atoms with Crippen molar-refractivity contribution in [2.45, 2.75) is 0 Å². The van der Waals surface area contributed by atoms with Gasteiger partial charge in [0.25, 0.3) is 0 Å². The number of hydrogen-bond donors (Lipinski definition) is 3. The van der Waals surface area contributed by atoms with Crippen molar-refractivity contribution in [3.8, 4) is 0 Å². The summed E-state index contributed by atoms with van der Waals surface area (Å²) < 4.78 is 20.0. The molecular formula is C3H8O5P2. The van der Waals surface area contributed by atoms with E-state index >= 15 is 0 Å². The summed E-state index contributed by atoms with van der Waals surface area (Å²) in [5.74, 6) is 0.617. The van der Waals surface area contributed by atoms with Gasteiger partial charge in [-0.1, -0.05) is 6.08 Å². The van der Waals surface area contributed by atoms with Gasteiger partial charge < -0.3 is 14.7 Å². The second kappa shape index (κ2) is 4.06. The normalized spacial score (nSPS) is 15.9. The Hall–Kier alpha value is 0.0800. The largest absolute Gasteiger partial charge is 0.348 e. The van der Waals surface area contributed by atoms with Crippen molar-refractivity contribution in [2.75, 3.05) is 6.16 Å². The molecule has 0 spiro atoms. The summed E-state index contributed by atoms with van der Waals surface area (Å²) in [4.78, 5) is 24.6. The van der Waals surface area contributed by atoms with Crippen molar-refractivity contribution >= 4 is 15.6 Å². The zero-order chi connectivity index (χ0) is 8.20. The fraction of sp³-hybridized carbons (Fsp3) is 0.333. The van der Waals surface area contributed by atoms with Crippen LogP contribution in [0, 0.1) is 0 Å². The van der Waals surface area contributed by atoms with E-state index in [-0.39, 0.29) is 6.16 Å². The van der Waals surface area contributed by atoms with Gasteiger partial charge in [0.05, 0.1) is 0 Å². The van der Waals surface area contributed by atoms with Crippen LogP contribution in [0.2, 0.25) is 0 Å². The lowest BCUT2D eigenvalue weighted by Crippen LogP contribution is -1.71. The molecule has 0 aliphatic carbocycles. The van der Waals surface area contributed by atoms with E-state index in [0.29, 0.717) is 5.82 Å². The van der Waals surface area contributed by atoms with Crippen LogP contribution in [0.4, 0.5) is 0 Å². The lowest BCUT2D eigenvalue weighted by molar-refractivity contribution is 0.386. The Morgan fingerprint density at radius 3 is 2.30 bits per heavy atom. The Morgan fingerprint density at radius 1 is 1.50 bits per heavy atom. The molecule has 0 rings (SSSR count). The van der Waals surface area contributed by atoms with Crippen LogP contribution in [0.15, 0.2) is 11.9 Å². The first-order valence-electron chi connectivity index (χ1n) is 2.36. The highest BCUT2D eigenvalue weighted by atomic mass is 31.2. The molecule has 0 amide bonds. The van der Waals surface area contributed by atoms with Gasteiger partial charge in [-0.2, -0.15) is 0 Å². The van der Waals surface area contributed by atoms with Crippen molar-refractivity contribution in [1.29, 1.82) is 0 Å². The van der Waals surface area contributed by atoms with Crippen LogP contribution < -0.4 is 0 Å². The molecule has 1 unspecified atom stereocenters. The summed E-state index contributed by atoms with van der Waals surface area (Å²) in [6.45, 7) is 0. The molecule has 0 bridgehead atoms. The maximum atomic E-state index is 10.0. The van der Waals surface area contributed by atoms with Crippen molar-refractivity contribution < 1.29 is 23.8 Å². The van der Waals surface area contributed by atoms with E-state index < -0.39 is 15.6 Å². The van der Waals surface area contributed by atoms with Gasteiger partial charge in [-0.3, -0.25) is 9.13 Å². The summed E-state index contributed by atoms with van der Waals surface area (Å²) in [7, 11) is -6.77. The van der Waals surface area contributed by atoms with Crippen LogP contribution in [0.5, 0.6) is 0 Å². The second-order valence-electron chi connectivity index (χ2n) is 1.57. The van der Waals surface area contributed by atoms with Gasteiger partial charge in [0.1, 0.15) is 0 Å². The predicted molar refractivity (Wildman–Crippen MR) is 37.3 cm³/mol. The highest BCUT2D eigenvalue weighted by Gasteiger charge is 2.04. The van der Waals surface area contributed by atoms with Gasteiger partial charge >= 0.3 is 7.60 Å². The highest BCUT2D eigenvalue weighted by molar-refractivity contribution is 7.55. The van der Waals surface area contributed by atoms with E-state index in [9.17, 15) is 9.13 Å². The summed E-state index contributed by atoms with van der Waals surface area (Å²) in [5, 5.41) is 0. The fourth-order valence-electron chi connectivity index (χ4n) is 0.291. The first-order valence-corrected chi connectivity index (χ1v) is 5.61. The monoisotopic (exact) mass is 186 g/mol. The topological polar surface area (TPSA) is 94.8 Å². The quantitative estimate of drug-likeness (QED) is 0.545. The molecule has 7 heteroatoms. The third-order valence-electron chi connectivity index (χ3n) is 0.592. The molecule has 0 saturated heterocycles. The van der Waals surface area contributed by atoms with Crippen LogP contribution >= 0.6 is 15.6 Å². The molecular weight excluding hydrogens is 178 g/mol. The van der Waals surface area contributed by atoms with Gasteiger partial charge in [0, 0.05) is 12.0 Å². The van der Waals surface area contributed by atoms with Crippen LogP contribution in [0.3, 0.4) is 0 Å². The van der Waals surface area contributed by atoms with Gasteiger partial charge in [-0.25, -0.2) is 0 Å². The molecule has 0 aromatic carbocycles. The molecule has 1 atom stereocenters. The molecule has 0 aromatic rings. The van der Waals surface area contributed by atoms with E-state index in [2.05, 4.69) is 0 Å². The highest BCUT2D eigenvalue weighted by Crippen LogP contribution is 2.36. The van der Waals surface area contributed by atoms with E-state index in [0.717, 1.165) is 6.08 Å². The lowest BCUT2D eigenvalue weighted by Gasteiger charge is -1.92. The average molecular weight is 186 g/mol. The maximum Gasteiger partial charge on any atom is 0.348 e. The molecule has 0 fully saturated rings. The van der Waals surface area contributed by atoms with Crippen LogP contribution in [0.25, 0.3) is 0 Å². The molecule has 5 nitrogen and oxygen atoms in total. The zero-order valence-electron chi connectivity index (χ0n) is 4.97. The second-order valence-corrected chi connectivity index (χ2v) is 4.24. The van der Waals surface area contributed by atoms with Crippen LogP contribution in [0.1, 0.15) is 0 Å². The third kappa shape index (κ3) is 8.08. The van der Waals surface area contributed by atoms with E-state index in [1.54, 1.807) is 0 Å². The molecule has 0 aromatic heterocycles. The molecule has 0 aliphatic rings. The minimum absolute atomic E-state index is 0.185. The molecule has 0 aliphatic heterocycles. The average Bonchev–Trinajstić information content (AvgIpc) is 1.59.